The molecule has 0 fully saturated rings. The van der Waals surface area contributed by atoms with E-state index in [0.717, 1.165) is 11.6 Å². The molecule has 0 aliphatic carbocycles. The fraction of sp³-hybridized carbons (Fsp3) is 0.0909. The maximum absolute atomic E-state index is 13.0. The lowest BCUT2D eigenvalue weighted by atomic mass is 10.1. The quantitative estimate of drug-likeness (QED) is 0.409. The predicted molar refractivity (Wildman–Crippen MR) is 115 cm³/mol. The third-order valence-electron chi connectivity index (χ3n) is 4.53. The summed E-state index contributed by atoms with van der Waals surface area (Å²) in [7, 11) is 0. The summed E-state index contributed by atoms with van der Waals surface area (Å²) in [5.74, 6) is -1.35. The zero-order valence-corrected chi connectivity index (χ0v) is 17.0. The van der Waals surface area contributed by atoms with E-state index in [1.54, 1.807) is 31.2 Å². The lowest BCUT2D eigenvalue weighted by molar-refractivity contribution is -0.384. The Kier molecular flexibility index (Phi) is 6.61. The number of nitrogens with one attached hydrogen (secondary N) is 2. The van der Waals surface area contributed by atoms with Crippen LogP contribution in [0.15, 0.2) is 66.7 Å². The topological polar surface area (TPSA) is 101 Å². The van der Waals surface area contributed by atoms with Gasteiger partial charge in [-0.25, -0.2) is 4.39 Å². The number of rotatable bonds is 6. The Morgan fingerprint density at radius 3 is 2.26 bits per heavy atom. The normalized spacial score (nSPS) is 11.5. The van der Waals surface area contributed by atoms with Crippen LogP contribution in [0.3, 0.4) is 0 Å². The molecule has 1 atom stereocenters. The molecule has 3 aromatic rings. The van der Waals surface area contributed by atoms with Gasteiger partial charge in [-0.1, -0.05) is 23.7 Å². The Labute approximate surface area is 182 Å². The number of nitro groups is 1. The molecule has 0 bridgehead atoms. The van der Waals surface area contributed by atoms with Crippen molar-refractivity contribution in [3.8, 4) is 0 Å². The molecule has 2 amide bonds. The highest BCUT2D eigenvalue weighted by Gasteiger charge is 2.18. The molecule has 0 radical (unpaired) electrons. The first-order valence-corrected chi connectivity index (χ1v) is 9.54. The number of hydrogen-bond donors (Lipinski definition) is 2. The van der Waals surface area contributed by atoms with E-state index in [-0.39, 0.29) is 22.2 Å². The van der Waals surface area contributed by atoms with Crippen molar-refractivity contribution in [1.82, 2.24) is 5.32 Å². The molecule has 3 rings (SSSR count). The van der Waals surface area contributed by atoms with Gasteiger partial charge in [0.1, 0.15) is 5.82 Å². The van der Waals surface area contributed by atoms with Gasteiger partial charge in [0.15, 0.2) is 0 Å². The molecule has 7 nitrogen and oxygen atoms in total. The number of non-ortho nitro benzene ring substituents is 1. The highest BCUT2D eigenvalue weighted by atomic mass is 35.5. The summed E-state index contributed by atoms with van der Waals surface area (Å²) in [5, 5.41) is 16.5. The summed E-state index contributed by atoms with van der Waals surface area (Å²) in [6.45, 7) is 1.75. The van der Waals surface area contributed by atoms with Crippen LogP contribution in [0.25, 0.3) is 0 Å². The van der Waals surface area contributed by atoms with Gasteiger partial charge in [-0.2, -0.15) is 0 Å². The van der Waals surface area contributed by atoms with Crippen LogP contribution in [-0.4, -0.2) is 16.7 Å². The summed E-state index contributed by atoms with van der Waals surface area (Å²) in [4.78, 5) is 35.0. The lowest BCUT2D eigenvalue weighted by Gasteiger charge is -2.15. The first kappa shape index (κ1) is 21.9. The number of nitrogens with zero attached hydrogens (tertiary/aromatic N) is 1. The van der Waals surface area contributed by atoms with Crippen LogP contribution in [-0.2, 0) is 0 Å². The first-order valence-electron chi connectivity index (χ1n) is 9.16. The highest BCUT2D eigenvalue weighted by molar-refractivity contribution is 6.34. The minimum atomic E-state index is -0.602. The number of anilines is 1. The number of amides is 2. The maximum Gasteiger partial charge on any atom is 0.270 e. The largest absolute Gasteiger partial charge is 0.345 e. The molecule has 1 unspecified atom stereocenters. The Bertz CT molecular complexity index is 1130. The van der Waals surface area contributed by atoms with E-state index in [4.69, 9.17) is 11.6 Å². The van der Waals surface area contributed by atoms with Gasteiger partial charge >= 0.3 is 0 Å². The van der Waals surface area contributed by atoms with Crippen LogP contribution < -0.4 is 10.6 Å². The summed E-state index contributed by atoms with van der Waals surface area (Å²) < 4.78 is 13.0. The van der Waals surface area contributed by atoms with Crippen molar-refractivity contribution in [2.75, 3.05) is 5.32 Å². The summed E-state index contributed by atoms with van der Waals surface area (Å²) in [5.41, 5.74) is 1.36. The van der Waals surface area contributed by atoms with Gasteiger partial charge in [0, 0.05) is 23.4 Å². The molecule has 3 aromatic carbocycles. The average molecular weight is 442 g/mol. The van der Waals surface area contributed by atoms with Gasteiger partial charge in [0.25, 0.3) is 17.5 Å². The van der Waals surface area contributed by atoms with Crippen molar-refractivity contribution in [2.24, 2.45) is 0 Å². The van der Waals surface area contributed by atoms with Crippen molar-refractivity contribution in [2.45, 2.75) is 13.0 Å². The van der Waals surface area contributed by atoms with Crippen LogP contribution in [0.4, 0.5) is 15.8 Å². The fourth-order valence-electron chi connectivity index (χ4n) is 2.82. The van der Waals surface area contributed by atoms with Crippen LogP contribution in [0, 0.1) is 15.9 Å². The molecule has 0 spiro atoms. The van der Waals surface area contributed by atoms with Gasteiger partial charge in [-0.15, -0.1) is 0 Å². The summed E-state index contributed by atoms with van der Waals surface area (Å²) in [6, 6.07) is 15.2. The number of benzene rings is 3. The minimum Gasteiger partial charge on any atom is -0.345 e. The molecule has 0 heterocycles. The van der Waals surface area contributed by atoms with Crippen LogP contribution >= 0.6 is 11.6 Å². The van der Waals surface area contributed by atoms with Crippen molar-refractivity contribution in [3.05, 3.63) is 104 Å². The zero-order valence-electron chi connectivity index (χ0n) is 16.3. The molecule has 0 saturated heterocycles. The fourth-order valence-corrected chi connectivity index (χ4v) is 3.02. The second-order valence-corrected chi connectivity index (χ2v) is 7.11. The van der Waals surface area contributed by atoms with Gasteiger partial charge in [-0.05, 0) is 55.0 Å². The minimum absolute atomic E-state index is 0.00546. The molecule has 31 heavy (non-hydrogen) atoms. The van der Waals surface area contributed by atoms with Gasteiger partial charge in [0.2, 0.25) is 0 Å². The van der Waals surface area contributed by atoms with E-state index in [9.17, 15) is 24.1 Å². The number of nitro benzene ring substituents is 1. The van der Waals surface area contributed by atoms with E-state index in [1.807, 2.05) is 0 Å². The summed E-state index contributed by atoms with van der Waals surface area (Å²) >= 11 is 6.01. The molecule has 9 heteroatoms. The maximum atomic E-state index is 13.0. The second-order valence-electron chi connectivity index (χ2n) is 6.70. The molecule has 0 saturated carbocycles. The average Bonchev–Trinajstić information content (AvgIpc) is 2.74. The monoisotopic (exact) mass is 441 g/mol. The number of halogens is 2. The molecule has 0 aliphatic heterocycles. The van der Waals surface area contributed by atoms with Crippen LogP contribution in [0.2, 0.25) is 5.02 Å². The summed E-state index contributed by atoms with van der Waals surface area (Å²) in [6.07, 6.45) is 0. The molecule has 0 aliphatic rings. The lowest BCUT2D eigenvalue weighted by Crippen LogP contribution is -2.27. The SMILES string of the molecule is CC(NC(=O)c1cc([N+](=O)[O-])ccc1Cl)c1ccc(NC(=O)c2ccc(F)cc2)cc1. The standard InChI is InChI=1S/C22H17ClFN3O4/c1-13(25-22(29)19-12-18(27(30)31)10-11-20(19)23)14-4-8-17(9-5-14)26-21(28)15-2-6-16(24)7-3-15/h2-13H,1H3,(H,25,29)(H,26,28). The molecule has 158 valence electrons. The van der Waals surface area contributed by atoms with Crippen molar-refractivity contribution in [3.63, 3.8) is 0 Å². The van der Waals surface area contributed by atoms with Crippen molar-refractivity contribution < 1.29 is 18.9 Å². The van der Waals surface area contributed by atoms with E-state index < -0.39 is 22.7 Å². The molecule has 2 N–H and O–H groups in total. The first-order chi connectivity index (χ1) is 14.7. The Morgan fingerprint density at radius 2 is 1.65 bits per heavy atom. The van der Waals surface area contributed by atoms with Crippen molar-refractivity contribution >= 4 is 34.8 Å². The molecular weight excluding hydrogens is 425 g/mol. The predicted octanol–water partition coefficient (Wildman–Crippen LogP) is 5.13. The van der Waals surface area contributed by atoms with Gasteiger partial charge in [0.05, 0.1) is 21.6 Å². The van der Waals surface area contributed by atoms with E-state index in [0.29, 0.717) is 11.3 Å². The molecule has 0 aromatic heterocycles. The third-order valence-corrected chi connectivity index (χ3v) is 4.86. The number of hydrogen-bond acceptors (Lipinski definition) is 4. The zero-order chi connectivity index (χ0) is 22.5. The third kappa shape index (κ3) is 5.43. The smallest absolute Gasteiger partial charge is 0.270 e. The van der Waals surface area contributed by atoms with Gasteiger partial charge in [-0.3, -0.25) is 19.7 Å². The van der Waals surface area contributed by atoms with Crippen LogP contribution in [0.1, 0.15) is 39.2 Å². The highest BCUT2D eigenvalue weighted by Crippen LogP contribution is 2.23. The van der Waals surface area contributed by atoms with Crippen LogP contribution in [0.5, 0.6) is 0 Å². The number of carbonyl (C=O) groups is 2. The van der Waals surface area contributed by atoms with Gasteiger partial charge < -0.3 is 10.6 Å². The van der Waals surface area contributed by atoms with E-state index >= 15 is 0 Å². The van der Waals surface area contributed by atoms with Crippen molar-refractivity contribution in [1.29, 1.82) is 0 Å². The second kappa shape index (κ2) is 9.36. The van der Waals surface area contributed by atoms with E-state index in [2.05, 4.69) is 10.6 Å². The Hall–Kier alpha value is -3.78. The Morgan fingerprint density at radius 1 is 1.00 bits per heavy atom. The molecular formula is C22H17ClFN3O4. The number of carbonyl (C=O) groups excluding carboxylic acids is 2. The Balaban J connectivity index is 1.66. The van der Waals surface area contributed by atoms with E-state index in [1.165, 1.54) is 36.4 Å².